The van der Waals surface area contributed by atoms with Gasteiger partial charge in [0.05, 0.1) is 0 Å². The van der Waals surface area contributed by atoms with Gasteiger partial charge in [-0.15, -0.1) is 10.2 Å². The lowest BCUT2D eigenvalue weighted by molar-refractivity contribution is 0.559. The molecule has 0 unspecified atom stereocenters. The van der Waals surface area contributed by atoms with Crippen molar-refractivity contribution in [3.05, 3.63) is 36.2 Å². The fourth-order valence-electron chi connectivity index (χ4n) is 1.46. The van der Waals surface area contributed by atoms with E-state index in [2.05, 4.69) is 35.6 Å². The molecule has 0 aliphatic rings. The van der Waals surface area contributed by atoms with Crippen molar-refractivity contribution in [2.75, 3.05) is 0 Å². The van der Waals surface area contributed by atoms with Gasteiger partial charge in [-0.1, -0.05) is 25.5 Å². The molecule has 3 nitrogen and oxygen atoms in total. The number of hydrogen-bond acceptors (Lipinski definition) is 3. The van der Waals surface area contributed by atoms with E-state index in [1.165, 1.54) is 18.4 Å². The van der Waals surface area contributed by atoms with Crippen molar-refractivity contribution >= 4 is 0 Å². The van der Waals surface area contributed by atoms with E-state index in [1.807, 2.05) is 12.1 Å². The zero-order chi connectivity index (χ0) is 10.5. The standard InChI is InChI=1S/C12H13N2O/c1-2-3-4-10-5-7-11(8-6-10)12-14-13-9-15-12/h5-8H,2-4H2,1H3. The van der Waals surface area contributed by atoms with Crippen LogP contribution in [0.4, 0.5) is 0 Å². The van der Waals surface area contributed by atoms with Gasteiger partial charge in [-0.2, -0.15) is 0 Å². The van der Waals surface area contributed by atoms with E-state index in [-0.39, 0.29) is 0 Å². The number of aromatic nitrogens is 2. The van der Waals surface area contributed by atoms with Gasteiger partial charge < -0.3 is 4.42 Å². The molecule has 0 fully saturated rings. The number of hydrogen-bond donors (Lipinski definition) is 0. The third-order valence-electron chi connectivity index (χ3n) is 2.34. The van der Waals surface area contributed by atoms with Crippen molar-refractivity contribution in [1.29, 1.82) is 0 Å². The topological polar surface area (TPSA) is 38.9 Å². The predicted molar refractivity (Wildman–Crippen MR) is 57.2 cm³/mol. The Hall–Kier alpha value is -1.64. The SMILES string of the molecule is CCCCc1ccc(-c2nn[c]o2)cc1. The minimum Gasteiger partial charge on any atom is -0.412 e. The van der Waals surface area contributed by atoms with Crippen molar-refractivity contribution < 1.29 is 4.42 Å². The second-order valence-corrected chi connectivity index (χ2v) is 3.50. The highest BCUT2D eigenvalue weighted by Crippen LogP contribution is 2.17. The molecule has 0 spiro atoms. The lowest BCUT2D eigenvalue weighted by atomic mass is 10.1. The second kappa shape index (κ2) is 4.73. The van der Waals surface area contributed by atoms with Crippen molar-refractivity contribution in [2.45, 2.75) is 26.2 Å². The molecule has 0 N–H and O–H groups in total. The Morgan fingerprint density at radius 3 is 2.67 bits per heavy atom. The zero-order valence-electron chi connectivity index (χ0n) is 8.73. The first kappa shape index (κ1) is 9.90. The molecule has 15 heavy (non-hydrogen) atoms. The molecule has 1 aromatic carbocycles. The van der Waals surface area contributed by atoms with Crippen molar-refractivity contribution in [2.24, 2.45) is 0 Å². The van der Waals surface area contributed by atoms with Crippen LogP contribution in [-0.4, -0.2) is 10.2 Å². The Labute approximate surface area is 89.2 Å². The average Bonchev–Trinajstić information content (AvgIpc) is 2.80. The Morgan fingerprint density at radius 1 is 1.27 bits per heavy atom. The Morgan fingerprint density at radius 2 is 2.07 bits per heavy atom. The number of benzene rings is 1. The first-order valence-corrected chi connectivity index (χ1v) is 5.19. The molecule has 0 atom stereocenters. The fraction of sp³-hybridized carbons (Fsp3) is 0.333. The Bertz CT molecular complexity index is 392. The summed E-state index contributed by atoms with van der Waals surface area (Å²) < 4.78 is 4.99. The van der Waals surface area contributed by atoms with Crippen molar-refractivity contribution in [3.63, 3.8) is 0 Å². The molecule has 2 rings (SSSR count). The van der Waals surface area contributed by atoms with Crippen molar-refractivity contribution in [1.82, 2.24) is 10.2 Å². The molecule has 0 amide bonds. The van der Waals surface area contributed by atoms with Crippen molar-refractivity contribution in [3.8, 4) is 11.5 Å². The molecule has 2 aromatic rings. The summed E-state index contributed by atoms with van der Waals surface area (Å²) in [4.78, 5) is 0. The highest BCUT2D eigenvalue weighted by atomic mass is 16.4. The zero-order valence-corrected chi connectivity index (χ0v) is 8.73. The number of nitrogens with zero attached hydrogens (tertiary/aromatic N) is 2. The van der Waals surface area contributed by atoms with E-state index in [0.717, 1.165) is 12.0 Å². The lowest BCUT2D eigenvalue weighted by Gasteiger charge is -2.00. The molecule has 0 aliphatic heterocycles. The molecular weight excluding hydrogens is 188 g/mol. The van der Waals surface area contributed by atoms with E-state index < -0.39 is 0 Å². The maximum absolute atomic E-state index is 4.99. The van der Waals surface area contributed by atoms with Crippen LogP contribution in [0.2, 0.25) is 0 Å². The molecule has 0 aliphatic carbocycles. The van der Waals surface area contributed by atoms with Gasteiger partial charge in [0.25, 0.3) is 0 Å². The summed E-state index contributed by atoms with van der Waals surface area (Å²) in [5.41, 5.74) is 2.30. The third kappa shape index (κ3) is 2.43. The highest BCUT2D eigenvalue weighted by Gasteiger charge is 2.02. The van der Waals surface area contributed by atoms with Crippen LogP contribution in [-0.2, 0) is 6.42 Å². The summed E-state index contributed by atoms with van der Waals surface area (Å²) in [7, 11) is 0. The van der Waals surface area contributed by atoms with Crippen LogP contribution in [0.5, 0.6) is 0 Å². The van der Waals surface area contributed by atoms with Gasteiger partial charge in [0, 0.05) is 5.56 Å². The van der Waals surface area contributed by atoms with E-state index in [9.17, 15) is 0 Å². The monoisotopic (exact) mass is 201 g/mol. The van der Waals surface area contributed by atoms with Crippen LogP contribution in [0.25, 0.3) is 11.5 Å². The molecule has 3 heteroatoms. The minimum absolute atomic E-state index is 0.525. The summed E-state index contributed by atoms with van der Waals surface area (Å²) in [5, 5.41) is 7.33. The van der Waals surface area contributed by atoms with Crippen LogP contribution < -0.4 is 0 Å². The van der Waals surface area contributed by atoms with Crippen LogP contribution in [0.1, 0.15) is 25.3 Å². The molecule has 1 aromatic heterocycles. The first-order valence-electron chi connectivity index (χ1n) is 5.19. The van der Waals surface area contributed by atoms with Gasteiger partial charge >= 0.3 is 6.39 Å². The summed E-state index contributed by atoms with van der Waals surface area (Å²) in [6.45, 7) is 2.20. The van der Waals surface area contributed by atoms with Gasteiger partial charge in [0.15, 0.2) is 0 Å². The lowest BCUT2D eigenvalue weighted by Crippen LogP contribution is -1.85. The van der Waals surface area contributed by atoms with Crippen LogP contribution in [0.3, 0.4) is 0 Å². The summed E-state index contributed by atoms with van der Waals surface area (Å²) in [6.07, 6.45) is 5.93. The molecule has 0 saturated heterocycles. The summed E-state index contributed by atoms with van der Waals surface area (Å²) in [6, 6.07) is 8.23. The quantitative estimate of drug-likeness (QED) is 0.763. The molecule has 1 radical (unpaired) electrons. The van der Waals surface area contributed by atoms with E-state index in [0.29, 0.717) is 5.89 Å². The Kier molecular flexibility index (Phi) is 3.12. The molecule has 77 valence electrons. The van der Waals surface area contributed by atoms with Gasteiger partial charge in [0.1, 0.15) is 0 Å². The number of unbranched alkanes of at least 4 members (excludes halogenated alkanes) is 1. The van der Waals surface area contributed by atoms with Gasteiger partial charge in [-0.3, -0.25) is 0 Å². The predicted octanol–water partition coefficient (Wildman–Crippen LogP) is 2.88. The van der Waals surface area contributed by atoms with E-state index in [4.69, 9.17) is 4.42 Å². The minimum atomic E-state index is 0.525. The van der Waals surface area contributed by atoms with Crippen LogP contribution in [0.15, 0.2) is 28.7 Å². The smallest absolute Gasteiger partial charge is 0.306 e. The maximum Gasteiger partial charge on any atom is 0.306 e. The summed E-state index contributed by atoms with van der Waals surface area (Å²) >= 11 is 0. The van der Waals surface area contributed by atoms with E-state index in [1.54, 1.807) is 0 Å². The number of rotatable bonds is 4. The fourth-order valence-corrected chi connectivity index (χ4v) is 1.46. The van der Waals surface area contributed by atoms with Gasteiger partial charge in [-0.25, -0.2) is 0 Å². The second-order valence-electron chi connectivity index (χ2n) is 3.50. The third-order valence-corrected chi connectivity index (χ3v) is 2.34. The van der Waals surface area contributed by atoms with Crippen LogP contribution in [0, 0.1) is 6.39 Å². The normalized spacial score (nSPS) is 10.5. The van der Waals surface area contributed by atoms with Gasteiger partial charge in [0.2, 0.25) is 5.89 Å². The molecule has 0 bridgehead atoms. The first-order chi connectivity index (χ1) is 7.40. The van der Waals surface area contributed by atoms with Crippen LogP contribution >= 0.6 is 0 Å². The molecular formula is C12H13N2O. The van der Waals surface area contributed by atoms with E-state index >= 15 is 0 Å². The van der Waals surface area contributed by atoms with Gasteiger partial charge in [-0.05, 0) is 30.5 Å². The average molecular weight is 201 g/mol. The molecule has 1 heterocycles. The number of aryl methyl sites for hydroxylation is 1. The molecule has 0 saturated carbocycles. The summed E-state index contributed by atoms with van der Waals surface area (Å²) in [5.74, 6) is 0.525. The largest absolute Gasteiger partial charge is 0.412 e. The maximum atomic E-state index is 4.99. The highest BCUT2D eigenvalue weighted by molar-refractivity contribution is 5.52. The Balaban J connectivity index is 2.11.